The van der Waals surface area contributed by atoms with E-state index >= 15 is 0 Å². The van der Waals surface area contributed by atoms with Crippen LogP contribution in [-0.2, 0) is 19.6 Å². The van der Waals surface area contributed by atoms with Crippen LogP contribution in [0.15, 0.2) is 17.6 Å². The molecule has 0 spiro atoms. The molecule has 0 fully saturated rings. The Labute approximate surface area is 132 Å². The second-order valence-corrected chi connectivity index (χ2v) is 6.40. The quantitative estimate of drug-likeness (QED) is 0.809. The number of nitrogens with zero attached hydrogens (tertiary/aromatic N) is 3. The standard InChI is InChI=1S/C14H17N3O2S2/c1-18-12-5-10-3-4-16(7-11(10)6-13(12)19-2)9-17-14(20)21-8-15-17/h5-6,8H,3-4,7,9H2,1-2H3. The van der Waals surface area contributed by atoms with E-state index in [1.54, 1.807) is 19.7 Å². The molecule has 112 valence electrons. The number of rotatable bonds is 4. The lowest BCUT2D eigenvalue weighted by Crippen LogP contribution is -2.32. The van der Waals surface area contributed by atoms with E-state index in [-0.39, 0.29) is 0 Å². The van der Waals surface area contributed by atoms with Gasteiger partial charge in [0.25, 0.3) is 0 Å². The Kier molecular flexibility index (Phi) is 4.23. The maximum Gasteiger partial charge on any atom is 0.180 e. The van der Waals surface area contributed by atoms with E-state index < -0.39 is 0 Å². The van der Waals surface area contributed by atoms with Crippen molar-refractivity contribution in [2.45, 2.75) is 19.6 Å². The minimum absolute atomic E-state index is 0.732. The second kappa shape index (κ2) is 6.13. The Balaban J connectivity index is 1.81. The second-order valence-electron chi connectivity index (χ2n) is 4.92. The highest BCUT2D eigenvalue weighted by molar-refractivity contribution is 7.73. The van der Waals surface area contributed by atoms with Crippen LogP contribution in [0.25, 0.3) is 0 Å². The van der Waals surface area contributed by atoms with Crippen molar-refractivity contribution < 1.29 is 9.47 Å². The molecule has 0 amide bonds. The molecule has 1 aliphatic rings. The van der Waals surface area contributed by atoms with Crippen molar-refractivity contribution in [2.75, 3.05) is 20.8 Å². The number of ether oxygens (including phenoxy) is 2. The van der Waals surface area contributed by atoms with Gasteiger partial charge in [-0.1, -0.05) is 11.3 Å². The van der Waals surface area contributed by atoms with Crippen molar-refractivity contribution in [2.24, 2.45) is 0 Å². The van der Waals surface area contributed by atoms with E-state index in [0.29, 0.717) is 0 Å². The van der Waals surface area contributed by atoms with Gasteiger partial charge < -0.3 is 9.47 Å². The van der Waals surface area contributed by atoms with E-state index in [9.17, 15) is 0 Å². The first-order valence-electron chi connectivity index (χ1n) is 6.68. The normalized spacial score (nSPS) is 14.8. The molecule has 1 aliphatic heterocycles. The van der Waals surface area contributed by atoms with Gasteiger partial charge in [0.2, 0.25) is 0 Å². The summed E-state index contributed by atoms with van der Waals surface area (Å²) in [4.78, 5) is 2.34. The monoisotopic (exact) mass is 323 g/mol. The van der Waals surface area contributed by atoms with Gasteiger partial charge in [0.15, 0.2) is 15.5 Å². The topological polar surface area (TPSA) is 39.5 Å². The molecule has 1 aromatic heterocycles. The van der Waals surface area contributed by atoms with E-state index in [2.05, 4.69) is 22.1 Å². The van der Waals surface area contributed by atoms with Crippen molar-refractivity contribution in [3.63, 3.8) is 0 Å². The summed E-state index contributed by atoms with van der Waals surface area (Å²) in [5, 5.41) is 4.27. The van der Waals surface area contributed by atoms with E-state index in [4.69, 9.17) is 21.7 Å². The zero-order valence-electron chi connectivity index (χ0n) is 12.0. The van der Waals surface area contributed by atoms with Crippen molar-refractivity contribution in [1.82, 2.24) is 14.7 Å². The largest absolute Gasteiger partial charge is 0.493 e. The van der Waals surface area contributed by atoms with E-state index in [1.165, 1.54) is 22.5 Å². The van der Waals surface area contributed by atoms with Gasteiger partial charge in [-0.05, 0) is 41.9 Å². The molecular weight excluding hydrogens is 306 g/mol. The lowest BCUT2D eigenvalue weighted by atomic mass is 9.99. The number of benzene rings is 1. The van der Waals surface area contributed by atoms with Crippen LogP contribution < -0.4 is 9.47 Å². The molecule has 0 saturated heterocycles. The van der Waals surface area contributed by atoms with Gasteiger partial charge >= 0.3 is 0 Å². The number of fused-ring (bicyclic) bond motifs is 1. The van der Waals surface area contributed by atoms with Crippen molar-refractivity contribution in [3.05, 3.63) is 32.7 Å². The maximum atomic E-state index is 5.39. The number of hydrogen-bond acceptors (Lipinski definition) is 6. The van der Waals surface area contributed by atoms with Crippen LogP contribution in [0.3, 0.4) is 0 Å². The third kappa shape index (κ3) is 2.95. The van der Waals surface area contributed by atoms with Gasteiger partial charge in [0.05, 0.1) is 20.9 Å². The van der Waals surface area contributed by atoms with Gasteiger partial charge in [0.1, 0.15) is 5.51 Å². The molecule has 2 aromatic rings. The van der Waals surface area contributed by atoms with Gasteiger partial charge in [-0.15, -0.1) is 0 Å². The molecule has 5 nitrogen and oxygen atoms in total. The van der Waals surface area contributed by atoms with Crippen LogP contribution in [0.2, 0.25) is 0 Å². The molecule has 0 saturated carbocycles. The highest BCUT2D eigenvalue weighted by atomic mass is 32.1. The van der Waals surface area contributed by atoms with Crippen molar-refractivity contribution in [1.29, 1.82) is 0 Å². The summed E-state index contributed by atoms with van der Waals surface area (Å²) in [6, 6.07) is 4.15. The molecule has 1 aromatic carbocycles. The van der Waals surface area contributed by atoms with Gasteiger partial charge in [-0.3, -0.25) is 4.90 Å². The van der Waals surface area contributed by atoms with Crippen molar-refractivity contribution in [3.8, 4) is 11.5 Å². The summed E-state index contributed by atoms with van der Waals surface area (Å²) in [5.41, 5.74) is 4.39. The predicted octanol–water partition coefficient (Wildman–Crippen LogP) is 2.71. The Morgan fingerprint density at radius 1 is 1.24 bits per heavy atom. The molecule has 0 radical (unpaired) electrons. The molecular formula is C14H17N3O2S2. The molecule has 0 atom stereocenters. The summed E-state index contributed by atoms with van der Waals surface area (Å²) in [6.07, 6.45) is 0.993. The first-order valence-corrected chi connectivity index (χ1v) is 7.97. The minimum Gasteiger partial charge on any atom is -0.493 e. The highest BCUT2D eigenvalue weighted by Gasteiger charge is 2.19. The van der Waals surface area contributed by atoms with Crippen molar-refractivity contribution >= 4 is 23.6 Å². The summed E-state index contributed by atoms with van der Waals surface area (Å²) < 4.78 is 13.4. The molecule has 2 heterocycles. The molecule has 0 bridgehead atoms. The summed E-state index contributed by atoms with van der Waals surface area (Å²) in [7, 11) is 3.34. The Morgan fingerprint density at radius 2 is 1.95 bits per heavy atom. The first kappa shape index (κ1) is 14.5. The van der Waals surface area contributed by atoms with Crippen LogP contribution >= 0.6 is 23.6 Å². The lowest BCUT2D eigenvalue weighted by molar-refractivity contribution is 0.188. The number of methoxy groups -OCH3 is 2. The highest BCUT2D eigenvalue weighted by Crippen LogP contribution is 2.33. The van der Waals surface area contributed by atoms with Crippen LogP contribution in [0, 0.1) is 3.95 Å². The first-order chi connectivity index (χ1) is 10.2. The fraction of sp³-hybridized carbons (Fsp3) is 0.429. The Hall–Kier alpha value is -1.44. The number of hydrogen-bond donors (Lipinski definition) is 0. The maximum absolute atomic E-state index is 5.39. The van der Waals surface area contributed by atoms with Crippen LogP contribution in [0.4, 0.5) is 0 Å². The Bertz CT molecular complexity index is 696. The van der Waals surface area contributed by atoms with Crippen LogP contribution in [0.5, 0.6) is 11.5 Å². The van der Waals surface area contributed by atoms with Crippen LogP contribution in [-0.4, -0.2) is 35.4 Å². The van der Waals surface area contributed by atoms with Gasteiger partial charge in [-0.2, -0.15) is 5.10 Å². The smallest absolute Gasteiger partial charge is 0.180 e. The summed E-state index contributed by atoms with van der Waals surface area (Å²) >= 11 is 6.75. The van der Waals surface area contributed by atoms with E-state index in [0.717, 1.165) is 41.6 Å². The number of aromatic nitrogens is 2. The minimum atomic E-state index is 0.732. The third-order valence-electron chi connectivity index (χ3n) is 3.68. The predicted molar refractivity (Wildman–Crippen MR) is 84.6 cm³/mol. The molecule has 7 heteroatoms. The summed E-state index contributed by atoms with van der Waals surface area (Å²) in [5.74, 6) is 1.58. The lowest BCUT2D eigenvalue weighted by Gasteiger charge is -2.29. The van der Waals surface area contributed by atoms with Gasteiger partial charge in [-0.25, -0.2) is 4.68 Å². The average molecular weight is 323 g/mol. The molecule has 0 unspecified atom stereocenters. The SMILES string of the molecule is COc1cc2c(cc1OC)CN(Cn1ncsc1=S)CC2. The Morgan fingerprint density at radius 3 is 2.57 bits per heavy atom. The average Bonchev–Trinajstić information content (AvgIpc) is 2.91. The zero-order chi connectivity index (χ0) is 14.8. The molecule has 0 aliphatic carbocycles. The summed E-state index contributed by atoms with van der Waals surface area (Å²) in [6.45, 7) is 2.59. The fourth-order valence-corrected chi connectivity index (χ4v) is 3.29. The third-order valence-corrected chi connectivity index (χ3v) is 4.79. The van der Waals surface area contributed by atoms with Gasteiger partial charge in [0, 0.05) is 13.1 Å². The molecule has 21 heavy (non-hydrogen) atoms. The van der Waals surface area contributed by atoms with E-state index in [1.807, 2.05) is 4.68 Å². The molecule has 0 N–H and O–H groups in total. The zero-order valence-corrected chi connectivity index (χ0v) is 13.7. The fourth-order valence-electron chi connectivity index (χ4n) is 2.58. The van der Waals surface area contributed by atoms with Crippen LogP contribution in [0.1, 0.15) is 11.1 Å². The molecule has 3 rings (SSSR count).